The summed E-state index contributed by atoms with van der Waals surface area (Å²) in [6.45, 7) is 0. The lowest BCUT2D eigenvalue weighted by Gasteiger charge is -2.34. The molecule has 2 atom stereocenters. The second-order valence-electron chi connectivity index (χ2n) is 6.47. The lowest BCUT2D eigenvalue weighted by molar-refractivity contribution is -0.277. The number of alkyl halides is 3. The Labute approximate surface area is 177 Å². The molecule has 0 amide bonds. The molecule has 0 fully saturated rings. The average Bonchev–Trinajstić information content (AvgIpc) is 2.74. The van der Waals surface area contributed by atoms with Crippen LogP contribution in [0.3, 0.4) is 0 Å². The number of benzene rings is 3. The van der Waals surface area contributed by atoms with Gasteiger partial charge in [-0.25, -0.2) is 4.79 Å². The molecule has 0 heterocycles. The molecule has 0 aliphatic rings. The summed E-state index contributed by atoms with van der Waals surface area (Å²) in [6.07, 6.45) is -6.23. The first-order valence-corrected chi connectivity index (χ1v) is 9.37. The summed E-state index contributed by atoms with van der Waals surface area (Å²) in [6, 6.07) is 21.6. The van der Waals surface area contributed by atoms with Crippen molar-refractivity contribution >= 4 is 17.6 Å². The van der Waals surface area contributed by atoms with Gasteiger partial charge in [-0.1, -0.05) is 90.5 Å². The Morgan fingerprint density at radius 3 is 1.93 bits per heavy atom. The second-order valence-corrected chi connectivity index (χ2v) is 6.87. The van der Waals surface area contributed by atoms with Crippen LogP contribution < -0.4 is 0 Å². The molecular formula is C23H18ClF3O3. The highest BCUT2D eigenvalue weighted by Gasteiger charge is 2.64. The van der Waals surface area contributed by atoms with Crippen molar-refractivity contribution in [1.82, 2.24) is 0 Å². The van der Waals surface area contributed by atoms with Crippen LogP contribution in [-0.2, 0) is 19.9 Å². The van der Waals surface area contributed by atoms with E-state index in [2.05, 4.69) is 0 Å². The quantitative estimate of drug-likeness (QED) is 0.441. The van der Waals surface area contributed by atoms with Crippen molar-refractivity contribution in [3.8, 4) is 0 Å². The fraction of sp³-hybridized carbons (Fsp3) is 0.174. The van der Waals surface area contributed by atoms with Crippen molar-refractivity contribution in [2.75, 3.05) is 7.11 Å². The van der Waals surface area contributed by atoms with E-state index in [9.17, 15) is 18.0 Å². The first-order valence-electron chi connectivity index (χ1n) is 8.99. The van der Waals surface area contributed by atoms with Crippen LogP contribution in [0.2, 0.25) is 5.02 Å². The third kappa shape index (κ3) is 4.06. The number of rotatable bonds is 6. The van der Waals surface area contributed by atoms with Crippen LogP contribution in [0.4, 0.5) is 13.2 Å². The maximum atomic E-state index is 14.2. The van der Waals surface area contributed by atoms with Gasteiger partial charge >= 0.3 is 12.1 Å². The first kappa shape index (κ1) is 21.9. The van der Waals surface area contributed by atoms with Crippen LogP contribution in [-0.4, -0.2) is 19.3 Å². The van der Waals surface area contributed by atoms with Crippen LogP contribution >= 0.6 is 11.6 Å². The average molecular weight is 435 g/mol. The van der Waals surface area contributed by atoms with Gasteiger partial charge in [0.05, 0.1) is 0 Å². The number of ether oxygens (including phenoxy) is 2. The van der Waals surface area contributed by atoms with Crippen LogP contribution in [0.15, 0.2) is 84.9 Å². The number of methoxy groups -OCH3 is 1. The Bertz CT molecular complexity index is 993. The molecule has 0 radical (unpaired) electrons. The molecule has 0 aliphatic carbocycles. The van der Waals surface area contributed by atoms with E-state index < -0.39 is 23.9 Å². The van der Waals surface area contributed by atoms with Crippen molar-refractivity contribution in [1.29, 1.82) is 0 Å². The van der Waals surface area contributed by atoms with Crippen molar-refractivity contribution in [3.05, 3.63) is 107 Å². The van der Waals surface area contributed by atoms with Crippen molar-refractivity contribution < 1.29 is 27.4 Å². The monoisotopic (exact) mass is 434 g/mol. The Morgan fingerprint density at radius 1 is 0.867 bits per heavy atom. The fourth-order valence-electron chi connectivity index (χ4n) is 3.20. The molecule has 7 heteroatoms. The lowest BCUT2D eigenvalue weighted by atomic mass is 9.92. The molecule has 30 heavy (non-hydrogen) atoms. The predicted octanol–water partition coefficient (Wildman–Crippen LogP) is 6.08. The predicted molar refractivity (Wildman–Crippen MR) is 107 cm³/mol. The number of esters is 1. The van der Waals surface area contributed by atoms with E-state index in [-0.39, 0.29) is 10.6 Å². The summed E-state index contributed by atoms with van der Waals surface area (Å²) in [5.74, 6) is -1.59. The summed E-state index contributed by atoms with van der Waals surface area (Å²) in [4.78, 5) is 13.1. The number of hydrogen-bond donors (Lipinski definition) is 0. The molecule has 0 N–H and O–H groups in total. The van der Waals surface area contributed by atoms with Crippen molar-refractivity contribution in [3.63, 3.8) is 0 Å². The van der Waals surface area contributed by atoms with Gasteiger partial charge in [0.25, 0.3) is 5.60 Å². The topological polar surface area (TPSA) is 35.5 Å². The van der Waals surface area contributed by atoms with Gasteiger partial charge in [0.15, 0.2) is 6.10 Å². The van der Waals surface area contributed by atoms with E-state index in [1.807, 2.05) is 0 Å². The maximum absolute atomic E-state index is 14.2. The highest BCUT2D eigenvalue weighted by molar-refractivity contribution is 6.31. The Morgan fingerprint density at radius 2 is 1.40 bits per heavy atom. The lowest BCUT2D eigenvalue weighted by Crippen LogP contribution is -2.52. The largest absolute Gasteiger partial charge is 0.450 e. The van der Waals surface area contributed by atoms with E-state index in [1.54, 1.807) is 60.7 Å². The maximum Gasteiger partial charge on any atom is 0.432 e. The number of carbonyl (C=O) groups excluding carboxylic acids is 1. The van der Waals surface area contributed by atoms with Crippen LogP contribution in [0, 0.1) is 0 Å². The van der Waals surface area contributed by atoms with Gasteiger partial charge in [-0.2, -0.15) is 13.2 Å². The Balaban J connectivity index is 2.11. The molecule has 0 aromatic heterocycles. The normalized spacial score (nSPS) is 14.6. The van der Waals surface area contributed by atoms with Gasteiger partial charge in [-0.3, -0.25) is 0 Å². The minimum Gasteiger partial charge on any atom is -0.450 e. The third-order valence-electron chi connectivity index (χ3n) is 4.69. The van der Waals surface area contributed by atoms with Gasteiger partial charge in [-0.15, -0.1) is 0 Å². The number of halogens is 4. The molecule has 3 aromatic rings. The minimum atomic E-state index is -5.07. The van der Waals surface area contributed by atoms with E-state index in [0.717, 1.165) is 7.11 Å². The SMILES string of the molecule is CO[C@](C(=O)O[C@@H](c1ccccc1)c1ccccc1Cl)(c1ccccc1)C(F)(F)F. The molecule has 0 saturated heterocycles. The zero-order chi connectivity index (χ0) is 21.8. The zero-order valence-corrected chi connectivity index (χ0v) is 16.7. The van der Waals surface area contributed by atoms with Gasteiger partial charge in [0.1, 0.15) is 0 Å². The van der Waals surface area contributed by atoms with Gasteiger partial charge in [0, 0.05) is 23.3 Å². The molecule has 3 rings (SSSR count). The zero-order valence-electron chi connectivity index (χ0n) is 15.9. The summed E-state index contributed by atoms with van der Waals surface area (Å²) in [5, 5.41) is 0.258. The van der Waals surface area contributed by atoms with Gasteiger partial charge < -0.3 is 9.47 Å². The van der Waals surface area contributed by atoms with E-state index in [4.69, 9.17) is 21.1 Å². The molecule has 3 nitrogen and oxygen atoms in total. The van der Waals surface area contributed by atoms with Crippen molar-refractivity contribution in [2.45, 2.75) is 17.9 Å². The summed E-state index contributed by atoms with van der Waals surface area (Å²) >= 11 is 6.26. The fourth-order valence-corrected chi connectivity index (χ4v) is 3.44. The molecule has 3 aromatic carbocycles. The highest BCUT2D eigenvalue weighted by atomic mass is 35.5. The highest BCUT2D eigenvalue weighted by Crippen LogP contribution is 2.44. The van der Waals surface area contributed by atoms with Gasteiger partial charge in [0.2, 0.25) is 0 Å². The Hall–Kier alpha value is -2.83. The summed E-state index contributed by atoms with van der Waals surface area (Å²) in [7, 11) is 0.828. The van der Waals surface area contributed by atoms with Crippen molar-refractivity contribution in [2.24, 2.45) is 0 Å². The van der Waals surface area contributed by atoms with E-state index >= 15 is 0 Å². The van der Waals surface area contributed by atoms with Crippen LogP contribution in [0.5, 0.6) is 0 Å². The minimum absolute atomic E-state index is 0.258. The second kappa shape index (κ2) is 8.90. The number of hydrogen-bond acceptors (Lipinski definition) is 3. The molecule has 0 bridgehead atoms. The Kier molecular flexibility index (Phi) is 6.48. The van der Waals surface area contributed by atoms with Crippen LogP contribution in [0.25, 0.3) is 0 Å². The molecule has 0 aliphatic heterocycles. The van der Waals surface area contributed by atoms with Crippen LogP contribution in [0.1, 0.15) is 22.8 Å². The van der Waals surface area contributed by atoms with E-state index in [1.165, 1.54) is 24.3 Å². The first-order chi connectivity index (χ1) is 14.3. The number of carbonyl (C=O) groups is 1. The third-order valence-corrected chi connectivity index (χ3v) is 5.03. The molecule has 0 spiro atoms. The molecule has 156 valence electrons. The standard InChI is InChI=1S/C23H18ClF3O3/c1-29-22(23(25,26)27,17-12-6-3-7-13-17)21(28)30-20(16-10-4-2-5-11-16)18-14-8-9-15-19(18)24/h2-15,20H,1H3/t20-,22-/m0/s1. The van der Waals surface area contributed by atoms with Gasteiger partial charge in [-0.05, 0) is 11.6 Å². The molecule has 0 saturated carbocycles. The van der Waals surface area contributed by atoms with E-state index in [0.29, 0.717) is 11.1 Å². The molecular weight excluding hydrogens is 417 g/mol. The summed E-state index contributed by atoms with van der Waals surface area (Å²) < 4.78 is 52.9. The molecule has 0 unspecified atom stereocenters. The smallest absolute Gasteiger partial charge is 0.432 e. The summed E-state index contributed by atoms with van der Waals surface area (Å²) in [5.41, 5.74) is -2.84.